The molecule has 0 saturated heterocycles. The minimum Gasteiger partial charge on any atom is -0.462 e. The molecular weight excluding hydrogens is 269 g/mol. The number of halogens is 2. The summed E-state index contributed by atoms with van der Waals surface area (Å²) in [6.07, 6.45) is 0. The van der Waals surface area contributed by atoms with Crippen LogP contribution in [-0.4, -0.2) is 12.6 Å². The largest absolute Gasteiger partial charge is 0.462 e. The number of benzene rings is 1. The summed E-state index contributed by atoms with van der Waals surface area (Å²) in [5.41, 5.74) is 6.26. The van der Waals surface area contributed by atoms with Gasteiger partial charge in [-0.1, -0.05) is 11.6 Å². The van der Waals surface area contributed by atoms with Crippen LogP contribution in [0.25, 0.3) is 0 Å². The van der Waals surface area contributed by atoms with Crippen LogP contribution in [0.5, 0.6) is 0 Å². The smallest absolute Gasteiger partial charge is 0.341 e. The summed E-state index contributed by atoms with van der Waals surface area (Å²) in [7, 11) is 0. The molecule has 0 fully saturated rings. The summed E-state index contributed by atoms with van der Waals surface area (Å²) >= 11 is 8.95. The van der Waals surface area contributed by atoms with Gasteiger partial charge in [0, 0.05) is 15.2 Å². The number of carbonyl (C=O) groups is 1. The molecule has 0 radical (unpaired) electrons. The Bertz CT molecular complexity index is 345. The van der Waals surface area contributed by atoms with E-state index in [9.17, 15) is 4.79 Å². The van der Waals surface area contributed by atoms with Crippen LogP contribution in [0, 0.1) is 0 Å². The van der Waals surface area contributed by atoms with Crippen molar-refractivity contribution in [2.75, 3.05) is 12.3 Å². The van der Waals surface area contributed by atoms with Crippen molar-refractivity contribution < 1.29 is 9.53 Å². The number of nitrogen functional groups attached to an aromatic ring is 1. The highest BCUT2D eigenvalue weighted by molar-refractivity contribution is 9.10. The van der Waals surface area contributed by atoms with Crippen molar-refractivity contribution in [2.45, 2.75) is 6.92 Å². The summed E-state index contributed by atoms with van der Waals surface area (Å²) in [4.78, 5) is 11.4. The van der Waals surface area contributed by atoms with Gasteiger partial charge in [0.25, 0.3) is 0 Å². The molecule has 0 bridgehead atoms. The maximum atomic E-state index is 11.4. The number of esters is 1. The lowest BCUT2D eigenvalue weighted by molar-refractivity contribution is 0.0526. The zero-order chi connectivity index (χ0) is 10.7. The Balaban J connectivity index is 3.14. The molecule has 76 valence electrons. The molecule has 0 spiro atoms. The fourth-order valence-corrected chi connectivity index (χ4v) is 2.01. The second kappa shape index (κ2) is 4.66. The Morgan fingerprint density at radius 2 is 2.29 bits per heavy atom. The van der Waals surface area contributed by atoms with Crippen molar-refractivity contribution in [3.63, 3.8) is 0 Å². The first-order chi connectivity index (χ1) is 6.56. The van der Waals surface area contributed by atoms with E-state index in [1.165, 1.54) is 6.07 Å². The Morgan fingerprint density at radius 1 is 1.64 bits per heavy atom. The Morgan fingerprint density at radius 3 is 2.79 bits per heavy atom. The van der Waals surface area contributed by atoms with Crippen LogP contribution in [0.1, 0.15) is 17.3 Å². The van der Waals surface area contributed by atoms with Gasteiger partial charge in [-0.15, -0.1) is 0 Å². The molecule has 1 aromatic carbocycles. The van der Waals surface area contributed by atoms with Crippen molar-refractivity contribution in [1.82, 2.24) is 0 Å². The minimum absolute atomic E-state index is 0.308. The molecule has 0 aromatic heterocycles. The van der Waals surface area contributed by atoms with Crippen molar-refractivity contribution in [3.8, 4) is 0 Å². The maximum absolute atomic E-state index is 11.4. The zero-order valence-electron chi connectivity index (χ0n) is 7.51. The molecule has 5 heteroatoms. The number of rotatable bonds is 2. The number of ether oxygens (including phenoxy) is 1. The van der Waals surface area contributed by atoms with Gasteiger partial charge in [0.2, 0.25) is 0 Å². The monoisotopic (exact) mass is 277 g/mol. The lowest BCUT2D eigenvalue weighted by atomic mass is 10.2. The molecule has 0 amide bonds. The van der Waals surface area contributed by atoms with E-state index in [0.717, 1.165) is 0 Å². The van der Waals surface area contributed by atoms with E-state index < -0.39 is 5.97 Å². The highest BCUT2D eigenvalue weighted by Gasteiger charge is 2.15. The van der Waals surface area contributed by atoms with Gasteiger partial charge in [-0.2, -0.15) is 0 Å². The average molecular weight is 279 g/mol. The number of nitrogens with two attached hydrogens (primary N) is 1. The van der Waals surface area contributed by atoms with Gasteiger partial charge in [-0.3, -0.25) is 0 Å². The normalized spacial score (nSPS) is 9.93. The van der Waals surface area contributed by atoms with Gasteiger partial charge in [0.15, 0.2) is 0 Å². The molecule has 3 nitrogen and oxygen atoms in total. The number of carbonyl (C=O) groups excluding carboxylic acids is 1. The van der Waals surface area contributed by atoms with Crippen LogP contribution in [-0.2, 0) is 4.74 Å². The first-order valence-corrected chi connectivity index (χ1v) is 5.15. The van der Waals surface area contributed by atoms with E-state index in [2.05, 4.69) is 15.9 Å². The molecule has 1 rings (SSSR count). The summed E-state index contributed by atoms with van der Waals surface area (Å²) in [5, 5.41) is 0.474. The lowest BCUT2D eigenvalue weighted by Crippen LogP contribution is -2.08. The summed E-state index contributed by atoms with van der Waals surface area (Å²) in [6.45, 7) is 2.05. The van der Waals surface area contributed by atoms with Gasteiger partial charge in [0.05, 0.1) is 12.2 Å². The van der Waals surface area contributed by atoms with Crippen molar-refractivity contribution in [1.29, 1.82) is 0 Å². The minimum atomic E-state index is -0.450. The molecule has 0 aliphatic heterocycles. The first-order valence-electron chi connectivity index (χ1n) is 3.98. The van der Waals surface area contributed by atoms with Gasteiger partial charge in [-0.25, -0.2) is 4.79 Å². The average Bonchev–Trinajstić information content (AvgIpc) is 2.01. The van der Waals surface area contributed by atoms with Crippen molar-refractivity contribution in [2.24, 2.45) is 0 Å². The maximum Gasteiger partial charge on any atom is 0.341 e. The predicted octanol–water partition coefficient (Wildman–Crippen LogP) is 2.86. The van der Waals surface area contributed by atoms with Crippen LogP contribution >= 0.6 is 27.5 Å². The third kappa shape index (κ3) is 2.39. The van der Waals surface area contributed by atoms with Crippen molar-refractivity contribution >= 4 is 39.2 Å². The van der Waals surface area contributed by atoms with E-state index in [0.29, 0.717) is 27.4 Å². The van der Waals surface area contributed by atoms with Crippen LogP contribution < -0.4 is 5.73 Å². The van der Waals surface area contributed by atoms with Crippen LogP contribution in [0.15, 0.2) is 16.6 Å². The highest BCUT2D eigenvalue weighted by Crippen LogP contribution is 2.28. The van der Waals surface area contributed by atoms with Gasteiger partial charge >= 0.3 is 5.97 Å². The number of hydrogen-bond acceptors (Lipinski definition) is 3. The van der Waals surface area contributed by atoms with Crippen LogP contribution in [0.4, 0.5) is 5.69 Å². The topological polar surface area (TPSA) is 52.3 Å². The van der Waals surface area contributed by atoms with Gasteiger partial charge in [-0.05, 0) is 35.0 Å². The van der Waals surface area contributed by atoms with E-state index in [1.807, 2.05) is 0 Å². The van der Waals surface area contributed by atoms with E-state index in [1.54, 1.807) is 13.0 Å². The number of hydrogen-bond donors (Lipinski definition) is 1. The van der Waals surface area contributed by atoms with Gasteiger partial charge < -0.3 is 10.5 Å². The van der Waals surface area contributed by atoms with Crippen molar-refractivity contribution in [3.05, 3.63) is 27.2 Å². The third-order valence-electron chi connectivity index (χ3n) is 1.57. The fraction of sp³-hybridized carbons (Fsp3) is 0.222. The molecular formula is C9H9BrClNO2. The Hall–Kier alpha value is -0.740. The quantitative estimate of drug-likeness (QED) is 0.668. The van der Waals surface area contributed by atoms with Crippen LogP contribution in [0.2, 0.25) is 5.02 Å². The van der Waals surface area contributed by atoms with Crippen LogP contribution in [0.3, 0.4) is 0 Å². The Labute approximate surface area is 95.3 Å². The lowest BCUT2D eigenvalue weighted by Gasteiger charge is -2.07. The molecule has 2 N–H and O–H groups in total. The SMILES string of the molecule is CCOC(=O)c1c(N)cc(Cl)cc1Br. The van der Waals surface area contributed by atoms with E-state index in [4.69, 9.17) is 22.1 Å². The third-order valence-corrected chi connectivity index (χ3v) is 2.41. The molecule has 0 atom stereocenters. The standard InChI is InChI=1S/C9H9BrClNO2/c1-2-14-9(13)8-6(10)3-5(11)4-7(8)12/h3-4H,2,12H2,1H3. The summed E-state index contributed by atoms with van der Waals surface area (Å²) in [5.74, 6) is -0.450. The molecule has 1 aromatic rings. The molecule has 0 aliphatic carbocycles. The Kier molecular flexibility index (Phi) is 3.77. The second-order valence-corrected chi connectivity index (χ2v) is 3.86. The van der Waals surface area contributed by atoms with E-state index in [-0.39, 0.29) is 0 Å². The first kappa shape index (κ1) is 11.3. The highest BCUT2D eigenvalue weighted by atomic mass is 79.9. The summed E-state index contributed by atoms with van der Waals surface area (Å²) in [6, 6.07) is 3.11. The molecule has 14 heavy (non-hydrogen) atoms. The zero-order valence-corrected chi connectivity index (χ0v) is 9.85. The molecule has 0 aliphatic rings. The van der Waals surface area contributed by atoms with Gasteiger partial charge in [0.1, 0.15) is 0 Å². The molecule has 0 saturated carbocycles. The predicted molar refractivity (Wildman–Crippen MR) is 59.5 cm³/mol. The fourth-order valence-electron chi connectivity index (χ4n) is 1.01. The molecule has 0 unspecified atom stereocenters. The second-order valence-electron chi connectivity index (χ2n) is 2.57. The summed E-state index contributed by atoms with van der Waals surface area (Å²) < 4.78 is 5.38. The molecule has 0 heterocycles. The van der Waals surface area contributed by atoms with E-state index >= 15 is 0 Å². The number of anilines is 1.